The SMILES string of the molecule is CCCCN(CCCC)c1ccc(/C=C/c2ccc(-c3cc(-c4ccccn4)nc(-c4ccccn4)c3)cc2)cc1. The maximum atomic E-state index is 4.89. The molecule has 5 aromatic rings. The molecule has 0 amide bonds. The Morgan fingerprint density at radius 1 is 0.561 bits per heavy atom. The van der Waals surface area contributed by atoms with Crippen LogP contribution in [0.4, 0.5) is 5.69 Å². The molecule has 206 valence electrons. The summed E-state index contributed by atoms with van der Waals surface area (Å²) in [6, 6.07) is 33.6. The Labute approximate surface area is 244 Å². The molecule has 0 N–H and O–H groups in total. The second-order valence-corrected chi connectivity index (χ2v) is 10.3. The van der Waals surface area contributed by atoms with Gasteiger partial charge in [-0.05, 0) is 83.6 Å². The second kappa shape index (κ2) is 14.2. The molecule has 3 aromatic heterocycles. The predicted molar refractivity (Wildman–Crippen MR) is 174 cm³/mol. The lowest BCUT2D eigenvalue weighted by Gasteiger charge is -2.24. The zero-order valence-corrected chi connectivity index (χ0v) is 24.1. The van der Waals surface area contributed by atoms with Crippen LogP contribution < -0.4 is 4.90 Å². The van der Waals surface area contributed by atoms with Gasteiger partial charge in [0.15, 0.2) is 0 Å². The Hall–Kier alpha value is -4.57. The zero-order valence-electron chi connectivity index (χ0n) is 24.1. The van der Waals surface area contributed by atoms with Crippen LogP contribution in [-0.2, 0) is 0 Å². The lowest BCUT2D eigenvalue weighted by atomic mass is 10.0. The van der Waals surface area contributed by atoms with Gasteiger partial charge < -0.3 is 4.90 Å². The summed E-state index contributed by atoms with van der Waals surface area (Å²) in [7, 11) is 0. The van der Waals surface area contributed by atoms with E-state index in [1.165, 1.54) is 36.9 Å². The van der Waals surface area contributed by atoms with Crippen molar-refractivity contribution in [3.8, 4) is 33.9 Å². The highest BCUT2D eigenvalue weighted by Gasteiger charge is 2.10. The van der Waals surface area contributed by atoms with Gasteiger partial charge in [-0.25, -0.2) is 4.98 Å². The van der Waals surface area contributed by atoms with Crippen LogP contribution in [0.2, 0.25) is 0 Å². The summed E-state index contributed by atoms with van der Waals surface area (Å²) >= 11 is 0. The Morgan fingerprint density at radius 2 is 1.07 bits per heavy atom. The quantitative estimate of drug-likeness (QED) is 0.148. The van der Waals surface area contributed by atoms with Crippen molar-refractivity contribution in [1.82, 2.24) is 15.0 Å². The average molecular weight is 539 g/mol. The number of nitrogens with zero attached hydrogens (tertiary/aromatic N) is 4. The molecular formula is C37H38N4. The van der Waals surface area contributed by atoms with Gasteiger partial charge in [-0.1, -0.05) is 87.4 Å². The van der Waals surface area contributed by atoms with Crippen LogP contribution >= 0.6 is 0 Å². The monoisotopic (exact) mass is 538 g/mol. The summed E-state index contributed by atoms with van der Waals surface area (Å²) in [5, 5.41) is 0. The van der Waals surface area contributed by atoms with Gasteiger partial charge >= 0.3 is 0 Å². The third-order valence-electron chi connectivity index (χ3n) is 7.21. The fraction of sp³-hybridized carbons (Fsp3) is 0.216. The van der Waals surface area contributed by atoms with Gasteiger partial charge in [0.05, 0.1) is 22.8 Å². The number of hydrogen-bond acceptors (Lipinski definition) is 4. The number of anilines is 1. The minimum Gasteiger partial charge on any atom is -0.372 e. The van der Waals surface area contributed by atoms with E-state index in [9.17, 15) is 0 Å². The first-order valence-corrected chi connectivity index (χ1v) is 14.7. The first-order valence-electron chi connectivity index (χ1n) is 14.7. The van der Waals surface area contributed by atoms with Crippen LogP contribution in [-0.4, -0.2) is 28.0 Å². The van der Waals surface area contributed by atoms with Crippen molar-refractivity contribution in [3.05, 3.63) is 121 Å². The smallest absolute Gasteiger partial charge is 0.0900 e. The summed E-state index contributed by atoms with van der Waals surface area (Å²) in [5.41, 5.74) is 9.25. The molecule has 0 aliphatic carbocycles. The van der Waals surface area contributed by atoms with E-state index in [0.717, 1.165) is 52.6 Å². The van der Waals surface area contributed by atoms with Crippen molar-refractivity contribution in [2.75, 3.05) is 18.0 Å². The first kappa shape index (κ1) is 28.0. The Balaban J connectivity index is 1.35. The predicted octanol–water partition coefficient (Wildman–Crippen LogP) is 9.45. The maximum absolute atomic E-state index is 4.89. The topological polar surface area (TPSA) is 41.9 Å². The molecule has 41 heavy (non-hydrogen) atoms. The third-order valence-corrected chi connectivity index (χ3v) is 7.21. The average Bonchev–Trinajstić information content (AvgIpc) is 3.05. The Kier molecular flexibility index (Phi) is 9.67. The van der Waals surface area contributed by atoms with E-state index in [4.69, 9.17) is 4.98 Å². The molecule has 0 aliphatic rings. The van der Waals surface area contributed by atoms with Crippen LogP contribution in [0.1, 0.15) is 50.7 Å². The van der Waals surface area contributed by atoms with Gasteiger partial charge in [0.1, 0.15) is 0 Å². The van der Waals surface area contributed by atoms with E-state index >= 15 is 0 Å². The van der Waals surface area contributed by atoms with Crippen LogP contribution in [0.25, 0.3) is 46.1 Å². The number of hydrogen-bond donors (Lipinski definition) is 0. The molecule has 4 nitrogen and oxygen atoms in total. The number of benzene rings is 2. The molecule has 0 saturated carbocycles. The molecule has 2 aromatic carbocycles. The molecule has 0 radical (unpaired) electrons. The first-order chi connectivity index (χ1) is 20.2. The molecule has 5 rings (SSSR count). The molecule has 0 unspecified atom stereocenters. The van der Waals surface area contributed by atoms with Crippen molar-refractivity contribution in [1.29, 1.82) is 0 Å². The summed E-state index contributed by atoms with van der Waals surface area (Å²) in [6.45, 7) is 6.77. The van der Waals surface area contributed by atoms with Gasteiger partial charge in [-0.15, -0.1) is 0 Å². The summed E-state index contributed by atoms with van der Waals surface area (Å²) in [4.78, 5) is 16.5. The summed E-state index contributed by atoms with van der Waals surface area (Å²) in [6.07, 6.45) is 12.9. The second-order valence-electron chi connectivity index (χ2n) is 10.3. The highest BCUT2D eigenvalue weighted by molar-refractivity contribution is 5.76. The number of unbranched alkanes of at least 4 members (excludes halogenated alkanes) is 2. The molecule has 0 fully saturated rings. The van der Waals surface area contributed by atoms with Crippen molar-refractivity contribution in [2.45, 2.75) is 39.5 Å². The normalized spacial score (nSPS) is 11.2. The van der Waals surface area contributed by atoms with Gasteiger partial charge in [-0.3, -0.25) is 9.97 Å². The van der Waals surface area contributed by atoms with Crippen molar-refractivity contribution >= 4 is 17.8 Å². The fourth-order valence-electron chi connectivity index (χ4n) is 4.83. The molecule has 0 spiro atoms. The molecule has 0 aliphatic heterocycles. The number of aromatic nitrogens is 3. The fourth-order valence-corrected chi connectivity index (χ4v) is 4.83. The lowest BCUT2D eigenvalue weighted by Crippen LogP contribution is -2.25. The summed E-state index contributed by atoms with van der Waals surface area (Å²) in [5.74, 6) is 0. The van der Waals surface area contributed by atoms with E-state index in [0.29, 0.717) is 0 Å². The molecule has 3 heterocycles. The number of rotatable bonds is 12. The van der Waals surface area contributed by atoms with Crippen molar-refractivity contribution < 1.29 is 0 Å². The summed E-state index contributed by atoms with van der Waals surface area (Å²) < 4.78 is 0. The maximum Gasteiger partial charge on any atom is 0.0900 e. The van der Waals surface area contributed by atoms with Crippen LogP contribution in [0.15, 0.2) is 109 Å². The minimum absolute atomic E-state index is 0.833. The van der Waals surface area contributed by atoms with E-state index in [1.54, 1.807) is 12.4 Å². The van der Waals surface area contributed by atoms with E-state index in [-0.39, 0.29) is 0 Å². The third kappa shape index (κ3) is 7.55. The van der Waals surface area contributed by atoms with E-state index in [2.05, 4.69) is 102 Å². The van der Waals surface area contributed by atoms with Gasteiger partial charge in [0.2, 0.25) is 0 Å². The molecular weight excluding hydrogens is 500 g/mol. The van der Waals surface area contributed by atoms with Crippen molar-refractivity contribution in [2.24, 2.45) is 0 Å². The Bertz CT molecular complexity index is 1460. The van der Waals surface area contributed by atoms with Gasteiger partial charge in [-0.2, -0.15) is 0 Å². The molecule has 0 saturated heterocycles. The van der Waals surface area contributed by atoms with Crippen LogP contribution in [0.5, 0.6) is 0 Å². The molecule has 4 heteroatoms. The van der Waals surface area contributed by atoms with Gasteiger partial charge in [0, 0.05) is 31.2 Å². The van der Waals surface area contributed by atoms with Crippen LogP contribution in [0.3, 0.4) is 0 Å². The standard InChI is InChI=1S/C37H38N4/c1-3-5-25-41(26-6-4-2)33-21-17-30(18-22-33)14-13-29-15-19-31(20-16-29)32-27-36(34-11-7-9-23-38-34)40-37(28-32)35-12-8-10-24-39-35/h7-24,27-28H,3-6,25-26H2,1-2H3/b14-13+. The number of pyridine rings is 3. The van der Waals surface area contributed by atoms with E-state index < -0.39 is 0 Å². The zero-order chi connectivity index (χ0) is 28.3. The highest BCUT2D eigenvalue weighted by atomic mass is 15.1. The van der Waals surface area contributed by atoms with Crippen molar-refractivity contribution in [3.63, 3.8) is 0 Å². The van der Waals surface area contributed by atoms with E-state index in [1.807, 2.05) is 36.4 Å². The Morgan fingerprint density at radius 3 is 1.54 bits per heavy atom. The molecule has 0 bridgehead atoms. The lowest BCUT2D eigenvalue weighted by molar-refractivity contribution is 0.678. The minimum atomic E-state index is 0.833. The van der Waals surface area contributed by atoms with Gasteiger partial charge in [0.25, 0.3) is 0 Å². The van der Waals surface area contributed by atoms with Crippen LogP contribution in [0, 0.1) is 0 Å². The highest BCUT2D eigenvalue weighted by Crippen LogP contribution is 2.29. The molecule has 0 atom stereocenters. The largest absolute Gasteiger partial charge is 0.372 e.